The molecule has 0 spiro atoms. The number of hydrogen-bond donors (Lipinski definition) is 1. The van der Waals surface area contributed by atoms with Crippen molar-refractivity contribution in [3.8, 4) is 0 Å². The van der Waals surface area contributed by atoms with Crippen molar-refractivity contribution in [2.75, 3.05) is 13.7 Å². The van der Waals surface area contributed by atoms with Gasteiger partial charge in [0.15, 0.2) is 0 Å². The Morgan fingerprint density at radius 3 is 3.06 bits per heavy atom. The molecule has 16 heavy (non-hydrogen) atoms. The Morgan fingerprint density at radius 1 is 1.75 bits per heavy atom. The highest BCUT2D eigenvalue weighted by molar-refractivity contribution is 5.70. The Morgan fingerprint density at radius 2 is 2.50 bits per heavy atom. The van der Waals surface area contributed by atoms with Gasteiger partial charge in [-0.05, 0) is 12.8 Å². The molecule has 0 amide bonds. The fourth-order valence-corrected chi connectivity index (χ4v) is 1.88. The lowest BCUT2D eigenvalue weighted by Gasteiger charge is -2.15. The van der Waals surface area contributed by atoms with Crippen LogP contribution in [0.25, 0.3) is 0 Å². The number of carbonyl (C=O) groups excluding carboxylic acids is 1. The fraction of sp³-hybridized carbons (Fsp3) is 0.636. The maximum Gasteiger partial charge on any atom is 0.306 e. The highest BCUT2D eigenvalue weighted by Crippen LogP contribution is 2.37. The summed E-state index contributed by atoms with van der Waals surface area (Å²) in [4.78, 5) is 15.4. The smallest absolute Gasteiger partial charge is 0.306 e. The molecule has 5 heteroatoms. The van der Waals surface area contributed by atoms with E-state index in [1.54, 1.807) is 6.20 Å². The van der Waals surface area contributed by atoms with Crippen LogP contribution in [0.2, 0.25) is 0 Å². The number of nitrogens with two attached hydrogens (primary N) is 1. The number of ether oxygens (including phenoxy) is 1. The van der Waals surface area contributed by atoms with Gasteiger partial charge in [0.1, 0.15) is 0 Å². The van der Waals surface area contributed by atoms with E-state index in [0.717, 1.165) is 5.69 Å². The number of imidazole rings is 1. The van der Waals surface area contributed by atoms with E-state index in [1.165, 1.54) is 20.0 Å². The van der Waals surface area contributed by atoms with E-state index >= 15 is 0 Å². The molecule has 1 fully saturated rings. The fourth-order valence-electron chi connectivity index (χ4n) is 1.88. The van der Waals surface area contributed by atoms with Gasteiger partial charge in [-0.15, -0.1) is 0 Å². The van der Waals surface area contributed by atoms with E-state index in [4.69, 9.17) is 5.73 Å². The zero-order valence-electron chi connectivity index (χ0n) is 9.43. The number of aromatic nitrogens is 2. The summed E-state index contributed by atoms with van der Waals surface area (Å²) in [7, 11) is 1.40. The summed E-state index contributed by atoms with van der Waals surface area (Å²) in [6, 6.07) is 0.559. The van der Waals surface area contributed by atoms with Gasteiger partial charge in [-0.3, -0.25) is 4.79 Å². The van der Waals surface area contributed by atoms with Crippen molar-refractivity contribution in [1.29, 1.82) is 0 Å². The maximum absolute atomic E-state index is 11.3. The predicted molar refractivity (Wildman–Crippen MR) is 58.9 cm³/mol. The molecule has 1 saturated carbocycles. The van der Waals surface area contributed by atoms with Gasteiger partial charge in [0.2, 0.25) is 0 Å². The molecular weight excluding hydrogens is 206 g/mol. The van der Waals surface area contributed by atoms with Crippen LogP contribution in [0.4, 0.5) is 0 Å². The minimum absolute atomic E-state index is 0.00977. The topological polar surface area (TPSA) is 70.1 Å². The molecule has 1 unspecified atom stereocenters. The van der Waals surface area contributed by atoms with Gasteiger partial charge >= 0.3 is 5.97 Å². The third-order valence-corrected chi connectivity index (χ3v) is 2.98. The van der Waals surface area contributed by atoms with E-state index in [2.05, 4.69) is 14.3 Å². The number of rotatable bonds is 5. The second kappa shape index (κ2) is 4.65. The lowest BCUT2D eigenvalue weighted by Crippen LogP contribution is -2.19. The largest absolute Gasteiger partial charge is 0.469 e. The Hall–Kier alpha value is -1.36. The summed E-state index contributed by atoms with van der Waals surface area (Å²) in [6.07, 6.45) is 6.34. The van der Waals surface area contributed by atoms with E-state index in [9.17, 15) is 4.79 Å². The highest BCUT2D eigenvalue weighted by Gasteiger charge is 2.28. The molecule has 0 radical (unpaired) electrons. The lowest BCUT2D eigenvalue weighted by atomic mass is 10.0. The first-order valence-electron chi connectivity index (χ1n) is 5.55. The molecule has 1 aromatic rings. The Balaban J connectivity index is 2.12. The number of methoxy groups -OCH3 is 1. The number of nitrogens with zero attached hydrogens (tertiary/aromatic N) is 2. The highest BCUT2D eigenvalue weighted by atomic mass is 16.5. The van der Waals surface area contributed by atoms with Crippen molar-refractivity contribution in [2.45, 2.75) is 31.2 Å². The molecule has 1 heterocycles. The van der Waals surface area contributed by atoms with Crippen LogP contribution in [0.1, 0.15) is 36.9 Å². The summed E-state index contributed by atoms with van der Waals surface area (Å²) in [6.45, 7) is 0.438. The standard InChI is InChI=1S/C11H17N3O2/c1-16-11(15)4-8(5-12)10-6-13-7-14(10)9-2-3-9/h6-9H,2-5,12H2,1H3. The summed E-state index contributed by atoms with van der Waals surface area (Å²) in [5.74, 6) is -0.213. The molecular formula is C11H17N3O2. The van der Waals surface area contributed by atoms with Gasteiger partial charge in [-0.1, -0.05) is 0 Å². The van der Waals surface area contributed by atoms with Crippen molar-refractivity contribution in [2.24, 2.45) is 5.73 Å². The molecule has 1 aliphatic carbocycles. The molecule has 5 nitrogen and oxygen atoms in total. The number of carbonyl (C=O) groups is 1. The molecule has 0 aliphatic heterocycles. The maximum atomic E-state index is 11.3. The average molecular weight is 223 g/mol. The van der Waals surface area contributed by atoms with Gasteiger partial charge in [0.25, 0.3) is 0 Å². The summed E-state index contributed by atoms with van der Waals surface area (Å²) < 4.78 is 6.81. The monoisotopic (exact) mass is 223 g/mol. The van der Waals surface area contributed by atoms with Gasteiger partial charge in [-0.2, -0.15) is 0 Å². The first-order valence-corrected chi connectivity index (χ1v) is 5.55. The Kier molecular flexibility index (Phi) is 3.24. The molecule has 1 aromatic heterocycles. The Labute approximate surface area is 94.6 Å². The first-order chi connectivity index (χ1) is 7.76. The molecule has 88 valence electrons. The van der Waals surface area contributed by atoms with Crippen LogP contribution in [0.5, 0.6) is 0 Å². The van der Waals surface area contributed by atoms with Crippen molar-refractivity contribution < 1.29 is 9.53 Å². The molecule has 1 atom stereocenters. The zero-order chi connectivity index (χ0) is 11.5. The minimum Gasteiger partial charge on any atom is -0.469 e. The minimum atomic E-state index is -0.223. The van der Waals surface area contributed by atoms with Crippen LogP contribution in [0.3, 0.4) is 0 Å². The van der Waals surface area contributed by atoms with E-state index in [-0.39, 0.29) is 11.9 Å². The van der Waals surface area contributed by atoms with E-state index in [1.807, 2.05) is 6.33 Å². The molecule has 0 saturated heterocycles. The van der Waals surface area contributed by atoms with Gasteiger partial charge < -0.3 is 15.0 Å². The van der Waals surface area contributed by atoms with Crippen LogP contribution in [-0.2, 0) is 9.53 Å². The molecule has 0 aromatic carbocycles. The number of hydrogen-bond acceptors (Lipinski definition) is 4. The van der Waals surface area contributed by atoms with Crippen molar-refractivity contribution in [3.63, 3.8) is 0 Å². The normalized spacial score (nSPS) is 17.1. The third-order valence-electron chi connectivity index (χ3n) is 2.98. The lowest BCUT2D eigenvalue weighted by molar-refractivity contribution is -0.141. The molecule has 2 rings (SSSR count). The first kappa shape index (κ1) is 11.1. The summed E-state index contributed by atoms with van der Waals surface area (Å²) in [5.41, 5.74) is 6.76. The Bertz CT molecular complexity index is 371. The van der Waals surface area contributed by atoms with Crippen LogP contribution >= 0.6 is 0 Å². The molecule has 2 N–H and O–H groups in total. The number of esters is 1. The summed E-state index contributed by atoms with van der Waals surface area (Å²) >= 11 is 0. The van der Waals surface area contributed by atoms with Crippen molar-refractivity contribution >= 4 is 5.97 Å². The third kappa shape index (κ3) is 2.24. The second-order valence-electron chi connectivity index (χ2n) is 4.17. The van der Waals surface area contributed by atoms with Crippen molar-refractivity contribution in [1.82, 2.24) is 9.55 Å². The zero-order valence-corrected chi connectivity index (χ0v) is 9.43. The molecule has 0 bridgehead atoms. The molecule has 1 aliphatic rings. The van der Waals surface area contributed by atoms with Crippen LogP contribution in [-0.4, -0.2) is 29.2 Å². The van der Waals surface area contributed by atoms with Crippen LogP contribution < -0.4 is 5.73 Å². The van der Waals surface area contributed by atoms with Crippen LogP contribution in [0.15, 0.2) is 12.5 Å². The summed E-state index contributed by atoms with van der Waals surface area (Å²) in [5, 5.41) is 0. The van der Waals surface area contributed by atoms with Gasteiger partial charge in [0, 0.05) is 30.4 Å². The second-order valence-corrected chi connectivity index (χ2v) is 4.17. The van der Waals surface area contributed by atoms with E-state index in [0.29, 0.717) is 19.0 Å². The van der Waals surface area contributed by atoms with Gasteiger partial charge in [0.05, 0.1) is 19.9 Å². The van der Waals surface area contributed by atoms with Crippen molar-refractivity contribution in [3.05, 3.63) is 18.2 Å². The van der Waals surface area contributed by atoms with E-state index < -0.39 is 0 Å². The van der Waals surface area contributed by atoms with Crippen LogP contribution in [0, 0.1) is 0 Å². The average Bonchev–Trinajstić information content (AvgIpc) is 3.04. The SMILES string of the molecule is COC(=O)CC(CN)c1cncn1C1CC1. The predicted octanol–water partition coefficient (Wildman–Crippen LogP) is 0.823. The van der Waals surface area contributed by atoms with Gasteiger partial charge in [-0.25, -0.2) is 4.98 Å². The quantitative estimate of drug-likeness (QED) is 0.750.